The number of fused-ring (bicyclic) bond motifs is 4. The molecule has 3 aliphatic rings. The number of benzene rings is 2. The first-order valence-corrected chi connectivity index (χ1v) is 17.3. The summed E-state index contributed by atoms with van der Waals surface area (Å²) in [5.74, 6) is -2.36. The maximum Gasteiger partial charge on any atom is 0.411 e. The molecule has 12 nitrogen and oxygen atoms in total. The first kappa shape index (κ1) is 31.9. The molecule has 2 aromatic carbocycles. The fraction of sp³-hybridized carbons (Fsp3) is 0.412. The number of hydrogen-bond donors (Lipinski definition) is 2. The van der Waals surface area contributed by atoms with Crippen LogP contribution in [0.1, 0.15) is 46.5 Å². The van der Waals surface area contributed by atoms with Gasteiger partial charge in [-0.15, -0.1) is 6.58 Å². The van der Waals surface area contributed by atoms with Gasteiger partial charge in [0, 0.05) is 23.1 Å². The van der Waals surface area contributed by atoms with Gasteiger partial charge in [-0.3, -0.25) is 19.2 Å². The van der Waals surface area contributed by atoms with E-state index >= 15 is 0 Å². The van der Waals surface area contributed by atoms with E-state index in [1.807, 2.05) is 18.2 Å². The highest BCUT2D eigenvalue weighted by Gasteiger charge is 2.62. The van der Waals surface area contributed by atoms with E-state index < -0.39 is 68.2 Å². The van der Waals surface area contributed by atoms with Gasteiger partial charge in [0.1, 0.15) is 40.2 Å². The maximum absolute atomic E-state index is 14.6. The molecular formula is C34H35FN4O8S. The number of carbonyl (C=O) groups excluding carboxylic acids is 3. The average Bonchev–Trinajstić information content (AvgIpc) is 3.92. The maximum atomic E-state index is 14.6. The van der Waals surface area contributed by atoms with Gasteiger partial charge in [-0.05, 0) is 70.4 Å². The number of furan rings is 1. The lowest BCUT2D eigenvalue weighted by Crippen LogP contribution is -2.56. The molecule has 4 atom stereocenters. The molecule has 1 saturated heterocycles. The largest absolute Gasteiger partial charge is 0.484 e. The van der Waals surface area contributed by atoms with Crippen molar-refractivity contribution in [3.05, 3.63) is 60.9 Å². The number of nitrogens with one attached hydrogen (secondary N) is 2. The van der Waals surface area contributed by atoms with E-state index in [0.29, 0.717) is 34.8 Å². The highest BCUT2D eigenvalue weighted by Crippen LogP contribution is 2.46. The number of amides is 3. The Morgan fingerprint density at radius 1 is 1.15 bits per heavy atom. The fourth-order valence-electron chi connectivity index (χ4n) is 6.28. The van der Waals surface area contributed by atoms with Crippen LogP contribution < -0.4 is 14.8 Å². The summed E-state index contributed by atoms with van der Waals surface area (Å²) in [6, 6.07) is 10.3. The molecule has 2 N–H and O–H groups in total. The van der Waals surface area contributed by atoms with Gasteiger partial charge in [-0.2, -0.15) is 0 Å². The molecule has 3 heterocycles. The van der Waals surface area contributed by atoms with Crippen LogP contribution in [0.25, 0.3) is 33.0 Å². The molecule has 1 unspecified atom stereocenters. The lowest BCUT2D eigenvalue weighted by molar-refractivity contribution is -0.131. The number of ether oxygens (including phenoxy) is 2. The lowest BCUT2D eigenvalue weighted by Gasteiger charge is -2.29. The highest BCUT2D eigenvalue weighted by atomic mass is 32.2. The Labute approximate surface area is 275 Å². The second kappa shape index (κ2) is 11.2. The first-order valence-electron chi connectivity index (χ1n) is 15.8. The number of pyridine rings is 1. The number of carbonyl (C=O) groups is 3. The molecule has 2 aromatic heterocycles. The number of likely N-dealkylation sites (tertiary alicyclic amines) is 1. The van der Waals surface area contributed by atoms with Crippen LogP contribution >= 0.6 is 0 Å². The molecule has 252 valence electrons. The Morgan fingerprint density at radius 3 is 2.58 bits per heavy atom. The van der Waals surface area contributed by atoms with Crippen LogP contribution in [-0.2, 0) is 24.3 Å². The molecule has 4 aromatic rings. The summed E-state index contributed by atoms with van der Waals surface area (Å²) in [6.07, 6.45) is 0.950. The van der Waals surface area contributed by atoms with Gasteiger partial charge in [0.2, 0.25) is 15.9 Å². The van der Waals surface area contributed by atoms with E-state index in [1.54, 1.807) is 26.8 Å². The third kappa shape index (κ3) is 5.71. The van der Waals surface area contributed by atoms with Crippen LogP contribution in [0.15, 0.2) is 59.5 Å². The molecule has 3 amide bonds. The Morgan fingerprint density at radius 2 is 1.90 bits per heavy atom. The van der Waals surface area contributed by atoms with E-state index in [4.69, 9.17) is 18.9 Å². The molecule has 2 saturated carbocycles. The summed E-state index contributed by atoms with van der Waals surface area (Å²) in [5.41, 5.74) is -0.634. The molecule has 0 radical (unpaired) electrons. The van der Waals surface area contributed by atoms with Crippen molar-refractivity contribution in [2.45, 2.75) is 75.0 Å². The number of aromatic nitrogens is 1. The van der Waals surface area contributed by atoms with Gasteiger partial charge in [0.25, 0.3) is 5.91 Å². The van der Waals surface area contributed by atoms with Crippen molar-refractivity contribution in [2.24, 2.45) is 5.92 Å². The topological polar surface area (TPSA) is 157 Å². The molecule has 0 spiro atoms. The predicted molar refractivity (Wildman–Crippen MR) is 174 cm³/mol. The van der Waals surface area contributed by atoms with Gasteiger partial charge >= 0.3 is 6.09 Å². The Balaban J connectivity index is 1.21. The fourth-order valence-corrected chi connectivity index (χ4v) is 7.65. The minimum Gasteiger partial charge on any atom is -0.484 e. The third-order valence-electron chi connectivity index (χ3n) is 8.94. The summed E-state index contributed by atoms with van der Waals surface area (Å²) in [7, 11) is -3.88. The van der Waals surface area contributed by atoms with Gasteiger partial charge in [0.05, 0.1) is 17.3 Å². The van der Waals surface area contributed by atoms with Crippen LogP contribution in [0.4, 0.5) is 9.18 Å². The highest BCUT2D eigenvalue weighted by molar-refractivity contribution is 7.91. The van der Waals surface area contributed by atoms with Gasteiger partial charge in [-0.1, -0.05) is 18.2 Å². The number of para-hydroxylation sites is 1. The van der Waals surface area contributed by atoms with E-state index in [-0.39, 0.29) is 30.7 Å². The minimum atomic E-state index is -3.88. The lowest BCUT2D eigenvalue weighted by atomic mass is 10.1. The zero-order chi connectivity index (χ0) is 34.2. The van der Waals surface area contributed by atoms with Gasteiger partial charge in [-0.25, -0.2) is 22.6 Å². The van der Waals surface area contributed by atoms with Crippen LogP contribution in [-0.4, -0.2) is 71.3 Å². The van der Waals surface area contributed by atoms with Crippen LogP contribution in [0.2, 0.25) is 0 Å². The number of rotatable bonds is 8. The Hall–Kier alpha value is -4.72. The van der Waals surface area contributed by atoms with Crippen LogP contribution in [0.3, 0.4) is 0 Å². The summed E-state index contributed by atoms with van der Waals surface area (Å²) in [4.78, 5) is 46.7. The minimum absolute atomic E-state index is 0.0250. The summed E-state index contributed by atoms with van der Waals surface area (Å²) < 4.78 is 60.1. The average molecular weight is 679 g/mol. The molecular weight excluding hydrogens is 643 g/mol. The van der Waals surface area contributed by atoms with Crippen molar-refractivity contribution < 1.29 is 41.1 Å². The van der Waals surface area contributed by atoms with E-state index in [1.165, 1.54) is 29.2 Å². The van der Waals surface area contributed by atoms with E-state index in [2.05, 4.69) is 16.6 Å². The smallest absolute Gasteiger partial charge is 0.411 e. The second-order valence-corrected chi connectivity index (χ2v) is 15.6. The molecule has 3 fully saturated rings. The van der Waals surface area contributed by atoms with E-state index in [0.717, 1.165) is 5.39 Å². The number of hydrogen-bond acceptors (Lipinski definition) is 9. The summed E-state index contributed by atoms with van der Waals surface area (Å²) in [5, 5.41) is 3.18. The SMILES string of the molecule is C=C[C@@H]1C[C@]1(NC(=O)[C@@H]1CC(Oc2c3cc(F)ccc3nc3c2oc2ccccc23)CN1C(=O)OC(C)(C)C)C(=O)NS(=O)(=O)C1CC1. The molecule has 14 heteroatoms. The van der Waals surface area contributed by atoms with Crippen molar-refractivity contribution in [1.82, 2.24) is 19.9 Å². The van der Waals surface area contributed by atoms with Crippen molar-refractivity contribution in [1.29, 1.82) is 0 Å². The normalized spacial score (nSPS) is 24.1. The molecule has 0 bridgehead atoms. The summed E-state index contributed by atoms with van der Waals surface area (Å²) in [6.45, 7) is 8.73. The number of nitrogens with zero attached hydrogens (tertiary/aromatic N) is 2. The first-order chi connectivity index (χ1) is 22.7. The van der Waals surface area contributed by atoms with Crippen molar-refractivity contribution in [3.8, 4) is 5.75 Å². The van der Waals surface area contributed by atoms with E-state index in [9.17, 15) is 27.2 Å². The van der Waals surface area contributed by atoms with Crippen LogP contribution in [0.5, 0.6) is 5.75 Å². The third-order valence-corrected chi connectivity index (χ3v) is 10.8. The molecule has 1 aliphatic heterocycles. The Bertz CT molecular complexity index is 2120. The van der Waals surface area contributed by atoms with Gasteiger partial charge in [0.15, 0.2) is 11.3 Å². The van der Waals surface area contributed by atoms with Crippen LogP contribution in [0, 0.1) is 11.7 Å². The second-order valence-electron chi connectivity index (χ2n) is 13.7. The van der Waals surface area contributed by atoms with Gasteiger partial charge < -0.3 is 19.2 Å². The van der Waals surface area contributed by atoms with Crippen molar-refractivity contribution in [2.75, 3.05) is 6.54 Å². The Kier molecular flexibility index (Phi) is 7.42. The zero-order valence-corrected chi connectivity index (χ0v) is 27.4. The monoisotopic (exact) mass is 678 g/mol. The quantitative estimate of drug-likeness (QED) is 0.252. The molecule has 7 rings (SSSR count). The summed E-state index contributed by atoms with van der Waals surface area (Å²) >= 11 is 0. The standard InChI is InChI=1S/C34H35FN4O8S/c1-5-18-16-34(18,31(41)38-48(43,44)21-11-12-21)37-30(40)25-15-20(17-39(25)32(42)47-33(2,3)4)45-28-23-14-19(35)10-13-24(23)36-27-22-8-6-7-9-26(22)46-29(27)28/h5-10,13-14,18,20-21,25H,1,11-12,15-17H2,2-4H3,(H,37,40)(H,38,41)/t18-,20?,25+,34-/m1/s1. The zero-order valence-electron chi connectivity index (χ0n) is 26.6. The molecule has 48 heavy (non-hydrogen) atoms. The number of halogens is 1. The predicted octanol–water partition coefficient (Wildman–Crippen LogP) is 4.70. The molecule has 2 aliphatic carbocycles. The van der Waals surface area contributed by atoms with Crippen molar-refractivity contribution >= 4 is 60.9 Å². The number of sulfonamides is 1. The van der Waals surface area contributed by atoms with Crippen molar-refractivity contribution in [3.63, 3.8) is 0 Å².